The highest BCUT2D eigenvalue weighted by Crippen LogP contribution is 2.22. The zero-order chi connectivity index (χ0) is 15.8. The maximum atomic E-state index is 4.59. The van der Waals surface area contributed by atoms with Crippen LogP contribution in [-0.2, 0) is 0 Å². The van der Waals surface area contributed by atoms with Crippen molar-refractivity contribution >= 4 is 17.5 Å². The third-order valence-electron chi connectivity index (χ3n) is 3.51. The van der Waals surface area contributed by atoms with Gasteiger partial charge in [0.25, 0.3) is 5.95 Å². The highest BCUT2D eigenvalue weighted by molar-refractivity contribution is 5.58. The van der Waals surface area contributed by atoms with Crippen LogP contribution in [0.3, 0.4) is 0 Å². The minimum Gasteiger partial charge on any atom is -0.369 e. The molecule has 2 rings (SSSR count). The molecule has 0 aliphatic carbocycles. The van der Waals surface area contributed by atoms with Gasteiger partial charge in [0.2, 0.25) is 0 Å². The van der Waals surface area contributed by atoms with Crippen LogP contribution in [0.25, 0.3) is 0 Å². The molecular weight excluding hydrogens is 274 g/mol. The van der Waals surface area contributed by atoms with Crippen LogP contribution in [0.5, 0.6) is 0 Å². The van der Waals surface area contributed by atoms with Crippen LogP contribution in [0.4, 0.5) is 17.5 Å². The number of hydrogen-bond donors (Lipinski definition) is 1. The molecule has 0 radical (unpaired) electrons. The Morgan fingerprint density at radius 1 is 1.18 bits per heavy atom. The van der Waals surface area contributed by atoms with Gasteiger partial charge in [0, 0.05) is 18.8 Å². The highest BCUT2D eigenvalue weighted by Gasteiger charge is 2.11. The summed E-state index contributed by atoms with van der Waals surface area (Å²) in [7, 11) is 0. The van der Waals surface area contributed by atoms with Gasteiger partial charge in [0.05, 0.1) is 6.20 Å². The van der Waals surface area contributed by atoms with E-state index in [0.717, 1.165) is 31.0 Å². The monoisotopic (exact) mass is 299 g/mol. The smallest absolute Gasteiger partial charge is 0.251 e. The van der Waals surface area contributed by atoms with E-state index < -0.39 is 0 Å². The lowest BCUT2D eigenvalue weighted by molar-refractivity contribution is 0.741. The fourth-order valence-corrected chi connectivity index (χ4v) is 2.32. The van der Waals surface area contributed by atoms with Crippen LogP contribution in [0, 0.1) is 6.92 Å². The number of benzene rings is 1. The summed E-state index contributed by atoms with van der Waals surface area (Å²) in [5.74, 6) is 1.42. The maximum Gasteiger partial charge on any atom is 0.251 e. The predicted molar refractivity (Wildman–Crippen MR) is 91.7 cm³/mol. The fourth-order valence-electron chi connectivity index (χ4n) is 2.32. The lowest BCUT2D eigenvalue weighted by Crippen LogP contribution is -2.20. The van der Waals surface area contributed by atoms with E-state index in [9.17, 15) is 0 Å². The molecule has 22 heavy (non-hydrogen) atoms. The van der Waals surface area contributed by atoms with E-state index in [2.05, 4.69) is 64.4 Å². The summed E-state index contributed by atoms with van der Waals surface area (Å²) < 4.78 is 0. The van der Waals surface area contributed by atoms with Gasteiger partial charge in [-0.1, -0.05) is 31.9 Å². The van der Waals surface area contributed by atoms with Crippen LogP contribution in [0.1, 0.15) is 38.7 Å². The molecule has 5 nitrogen and oxygen atoms in total. The Hall–Kier alpha value is -2.17. The fraction of sp³-hybridized carbons (Fsp3) is 0.471. The summed E-state index contributed by atoms with van der Waals surface area (Å²) >= 11 is 0. The second-order valence-corrected chi connectivity index (χ2v) is 5.36. The Balaban J connectivity index is 2.12. The van der Waals surface area contributed by atoms with E-state index in [-0.39, 0.29) is 0 Å². The van der Waals surface area contributed by atoms with E-state index >= 15 is 0 Å². The standard InChI is InChI=1S/C17H25N5/c1-4-6-7-11-18-16-13-19-21-17(20-16)22(5-2)15-10-8-9-14(3)12-15/h8-10,12-13H,4-7,11H2,1-3H3,(H,18,20,21). The molecule has 0 atom stereocenters. The van der Waals surface area contributed by atoms with Crippen molar-refractivity contribution in [2.45, 2.75) is 40.0 Å². The Morgan fingerprint density at radius 3 is 2.77 bits per heavy atom. The van der Waals surface area contributed by atoms with Crippen molar-refractivity contribution in [3.63, 3.8) is 0 Å². The van der Waals surface area contributed by atoms with Gasteiger partial charge in [0.15, 0.2) is 5.82 Å². The summed E-state index contributed by atoms with van der Waals surface area (Å²) in [5.41, 5.74) is 2.31. The Morgan fingerprint density at radius 2 is 2.05 bits per heavy atom. The SMILES string of the molecule is CCCCCNc1cnnc(N(CC)c2cccc(C)c2)n1. The van der Waals surface area contributed by atoms with E-state index in [4.69, 9.17) is 0 Å². The molecule has 2 aromatic rings. The van der Waals surface area contributed by atoms with Gasteiger partial charge in [0.1, 0.15) is 0 Å². The summed E-state index contributed by atoms with van der Waals surface area (Å²) in [6.45, 7) is 8.09. The van der Waals surface area contributed by atoms with Crippen molar-refractivity contribution in [1.29, 1.82) is 0 Å². The van der Waals surface area contributed by atoms with E-state index in [1.165, 1.54) is 18.4 Å². The van der Waals surface area contributed by atoms with Gasteiger partial charge in [-0.2, -0.15) is 10.1 Å². The van der Waals surface area contributed by atoms with Crippen LogP contribution in [0.15, 0.2) is 30.5 Å². The Bertz CT molecular complexity index is 585. The van der Waals surface area contributed by atoms with Crippen LogP contribution in [0.2, 0.25) is 0 Å². The van der Waals surface area contributed by atoms with E-state index in [0.29, 0.717) is 5.95 Å². The molecule has 5 heteroatoms. The van der Waals surface area contributed by atoms with Crippen molar-refractivity contribution in [3.8, 4) is 0 Å². The number of rotatable bonds is 8. The first kappa shape index (κ1) is 16.2. The second-order valence-electron chi connectivity index (χ2n) is 5.36. The summed E-state index contributed by atoms with van der Waals surface area (Å²) in [4.78, 5) is 6.66. The first-order chi connectivity index (χ1) is 10.7. The molecule has 0 fully saturated rings. The molecule has 0 spiro atoms. The van der Waals surface area contributed by atoms with Gasteiger partial charge in [-0.05, 0) is 38.0 Å². The number of unbranched alkanes of at least 4 members (excludes halogenated alkanes) is 2. The quantitative estimate of drug-likeness (QED) is 0.748. The van der Waals surface area contributed by atoms with Gasteiger partial charge in [-0.3, -0.25) is 0 Å². The zero-order valence-corrected chi connectivity index (χ0v) is 13.7. The summed E-state index contributed by atoms with van der Waals surface area (Å²) in [6, 6.07) is 8.34. The Kier molecular flexibility index (Phi) is 6.13. The minimum atomic E-state index is 0.633. The molecule has 0 unspecified atom stereocenters. The normalized spacial score (nSPS) is 10.5. The van der Waals surface area contributed by atoms with Crippen molar-refractivity contribution in [1.82, 2.24) is 15.2 Å². The molecule has 1 heterocycles. The molecule has 1 aromatic heterocycles. The number of aromatic nitrogens is 3. The minimum absolute atomic E-state index is 0.633. The molecule has 0 saturated carbocycles. The van der Waals surface area contributed by atoms with Crippen molar-refractivity contribution in [2.75, 3.05) is 23.3 Å². The first-order valence-corrected chi connectivity index (χ1v) is 8.02. The van der Waals surface area contributed by atoms with Crippen molar-refractivity contribution < 1.29 is 0 Å². The third-order valence-corrected chi connectivity index (χ3v) is 3.51. The molecule has 0 bridgehead atoms. The van der Waals surface area contributed by atoms with E-state index in [1.807, 2.05) is 6.07 Å². The molecule has 1 N–H and O–H groups in total. The second kappa shape index (κ2) is 8.32. The molecule has 0 aliphatic rings. The number of nitrogens with one attached hydrogen (secondary N) is 1. The predicted octanol–water partition coefficient (Wildman–Crippen LogP) is 3.94. The number of hydrogen-bond acceptors (Lipinski definition) is 5. The lowest BCUT2D eigenvalue weighted by Gasteiger charge is -2.21. The Labute approximate surface area is 132 Å². The zero-order valence-electron chi connectivity index (χ0n) is 13.7. The average molecular weight is 299 g/mol. The van der Waals surface area contributed by atoms with Crippen LogP contribution < -0.4 is 10.2 Å². The number of aryl methyl sites for hydroxylation is 1. The summed E-state index contributed by atoms with van der Waals surface area (Å²) in [5, 5.41) is 11.6. The highest BCUT2D eigenvalue weighted by atomic mass is 15.3. The molecule has 0 aliphatic heterocycles. The maximum absolute atomic E-state index is 4.59. The molecular formula is C17H25N5. The van der Waals surface area contributed by atoms with Gasteiger partial charge < -0.3 is 10.2 Å². The van der Waals surface area contributed by atoms with Gasteiger partial charge in [-0.25, -0.2) is 0 Å². The third kappa shape index (κ3) is 4.41. The molecule has 118 valence electrons. The largest absolute Gasteiger partial charge is 0.369 e. The summed E-state index contributed by atoms with van der Waals surface area (Å²) in [6.07, 6.45) is 5.26. The van der Waals surface area contributed by atoms with Crippen LogP contribution in [-0.4, -0.2) is 28.3 Å². The van der Waals surface area contributed by atoms with Crippen molar-refractivity contribution in [3.05, 3.63) is 36.0 Å². The molecule has 1 aromatic carbocycles. The van der Waals surface area contributed by atoms with E-state index in [1.54, 1.807) is 6.20 Å². The van der Waals surface area contributed by atoms with Crippen LogP contribution >= 0.6 is 0 Å². The van der Waals surface area contributed by atoms with Crippen molar-refractivity contribution in [2.24, 2.45) is 0 Å². The number of nitrogens with zero attached hydrogens (tertiary/aromatic N) is 4. The van der Waals surface area contributed by atoms with Gasteiger partial charge >= 0.3 is 0 Å². The van der Waals surface area contributed by atoms with Gasteiger partial charge in [-0.15, -0.1) is 5.10 Å². The molecule has 0 saturated heterocycles. The number of anilines is 3. The topological polar surface area (TPSA) is 53.9 Å². The first-order valence-electron chi connectivity index (χ1n) is 8.02. The lowest BCUT2D eigenvalue weighted by atomic mass is 10.2. The average Bonchev–Trinajstić information content (AvgIpc) is 2.53. The molecule has 0 amide bonds.